The number of hydrogen-bond acceptors (Lipinski definition) is 5. The minimum Gasteiger partial charge on any atom is -0.372 e. The highest BCUT2D eigenvalue weighted by Crippen LogP contribution is 2.29. The molecule has 1 saturated carbocycles. The number of nitrogens with one attached hydrogen (secondary N) is 2. The van der Waals surface area contributed by atoms with E-state index in [1.807, 2.05) is 11.8 Å². The number of nitrogens with zero attached hydrogens (tertiary/aromatic N) is 2. The summed E-state index contributed by atoms with van der Waals surface area (Å²) in [7, 11) is 1.76. The Morgan fingerprint density at radius 3 is 3.05 bits per heavy atom. The van der Waals surface area contributed by atoms with E-state index in [4.69, 9.17) is 0 Å². The molecule has 2 N–H and O–H groups in total. The van der Waals surface area contributed by atoms with Gasteiger partial charge in [0.2, 0.25) is 0 Å². The molecule has 2 rings (SSSR count). The van der Waals surface area contributed by atoms with Gasteiger partial charge in [0.05, 0.1) is 12.4 Å². The molecule has 0 spiro atoms. The predicted octanol–water partition coefficient (Wildman–Crippen LogP) is 1.92. The summed E-state index contributed by atoms with van der Waals surface area (Å²) in [5.41, 5.74) is 0.374. The lowest BCUT2D eigenvalue weighted by atomic mass is 10.2. The molecule has 0 aromatic carbocycles. The van der Waals surface area contributed by atoms with E-state index in [1.165, 1.54) is 19.0 Å². The van der Waals surface area contributed by atoms with Crippen LogP contribution in [0.4, 0.5) is 5.82 Å². The Balaban J connectivity index is 1.99. The average Bonchev–Trinajstić information content (AvgIpc) is 2.86. The van der Waals surface area contributed by atoms with E-state index in [9.17, 15) is 4.79 Å². The van der Waals surface area contributed by atoms with Gasteiger partial charge in [-0.05, 0) is 18.6 Å². The summed E-state index contributed by atoms with van der Waals surface area (Å²) in [4.78, 5) is 20.4. The fraction of sp³-hybridized carbons (Fsp3) is 0.615. The van der Waals surface area contributed by atoms with Crippen molar-refractivity contribution in [2.24, 2.45) is 0 Å². The molecule has 0 aliphatic heterocycles. The number of carbonyl (C=O) groups is 1. The molecule has 2 atom stereocenters. The molecule has 1 aromatic rings. The number of aromatic nitrogens is 2. The molecule has 1 aliphatic carbocycles. The zero-order valence-electron chi connectivity index (χ0n) is 11.3. The van der Waals surface area contributed by atoms with Gasteiger partial charge in [0.1, 0.15) is 11.5 Å². The molecule has 1 aliphatic rings. The van der Waals surface area contributed by atoms with Crippen LogP contribution in [0.5, 0.6) is 0 Å². The number of anilines is 1. The van der Waals surface area contributed by atoms with Crippen molar-refractivity contribution in [2.75, 3.05) is 18.1 Å². The summed E-state index contributed by atoms with van der Waals surface area (Å²) in [5.74, 6) is 1.57. The number of thioether (sulfide) groups is 1. The summed E-state index contributed by atoms with van der Waals surface area (Å²) in [6.07, 6.45) is 6.54. The lowest BCUT2D eigenvalue weighted by Gasteiger charge is -2.19. The van der Waals surface area contributed by atoms with Gasteiger partial charge in [-0.3, -0.25) is 9.78 Å². The third kappa shape index (κ3) is 3.59. The third-order valence-corrected chi connectivity index (χ3v) is 4.60. The molecular formula is C13H20N4OS. The Labute approximate surface area is 118 Å². The second-order valence-electron chi connectivity index (χ2n) is 4.54. The van der Waals surface area contributed by atoms with E-state index in [0.717, 1.165) is 12.2 Å². The largest absolute Gasteiger partial charge is 0.372 e. The molecule has 19 heavy (non-hydrogen) atoms. The lowest BCUT2D eigenvalue weighted by Crippen LogP contribution is -2.39. The van der Waals surface area contributed by atoms with Gasteiger partial charge in [-0.1, -0.05) is 13.3 Å². The Morgan fingerprint density at radius 1 is 1.47 bits per heavy atom. The molecule has 2 unspecified atom stereocenters. The highest BCUT2D eigenvalue weighted by molar-refractivity contribution is 7.99. The van der Waals surface area contributed by atoms with Crippen molar-refractivity contribution in [3.05, 3.63) is 18.1 Å². The second kappa shape index (κ2) is 6.75. The van der Waals surface area contributed by atoms with E-state index < -0.39 is 0 Å². The van der Waals surface area contributed by atoms with Crippen LogP contribution in [-0.4, -0.2) is 40.0 Å². The maximum Gasteiger partial charge on any atom is 0.271 e. The van der Waals surface area contributed by atoms with Crippen molar-refractivity contribution in [3.8, 4) is 0 Å². The highest BCUT2D eigenvalue weighted by atomic mass is 32.2. The zero-order valence-corrected chi connectivity index (χ0v) is 12.2. The molecule has 1 aromatic heterocycles. The molecule has 1 fully saturated rings. The molecular weight excluding hydrogens is 260 g/mol. The Morgan fingerprint density at radius 2 is 2.32 bits per heavy atom. The van der Waals surface area contributed by atoms with Gasteiger partial charge in [0, 0.05) is 18.3 Å². The average molecular weight is 280 g/mol. The minimum absolute atomic E-state index is 0.127. The molecule has 1 heterocycles. The smallest absolute Gasteiger partial charge is 0.271 e. The Hall–Kier alpha value is -1.30. The number of rotatable bonds is 5. The van der Waals surface area contributed by atoms with Crippen LogP contribution in [0.1, 0.15) is 36.7 Å². The first-order valence-corrected chi connectivity index (χ1v) is 7.71. The van der Waals surface area contributed by atoms with E-state index in [1.54, 1.807) is 13.2 Å². The summed E-state index contributed by atoms with van der Waals surface area (Å²) >= 11 is 1.93. The van der Waals surface area contributed by atoms with E-state index in [-0.39, 0.29) is 11.9 Å². The van der Waals surface area contributed by atoms with Crippen molar-refractivity contribution in [1.82, 2.24) is 15.3 Å². The highest BCUT2D eigenvalue weighted by Gasteiger charge is 2.28. The number of carbonyl (C=O) groups excluding carboxylic acids is 1. The molecule has 0 saturated heterocycles. The fourth-order valence-corrected chi connectivity index (χ4v) is 3.54. The van der Waals surface area contributed by atoms with Gasteiger partial charge in [-0.2, -0.15) is 11.8 Å². The van der Waals surface area contributed by atoms with Crippen molar-refractivity contribution < 1.29 is 4.79 Å². The summed E-state index contributed by atoms with van der Waals surface area (Å²) in [5, 5.41) is 6.52. The summed E-state index contributed by atoms with van der Waals surface area (Å²) in [6, 6.07) is 0.262. The first-order chi connectivity index (χ1) is 9.24. The van der Waals surface area contributed by atoms with Crippen molar-refractivity contribution in [3.63, 3.8) is 0 Å². The molecule has 0 bridgehead atoms. The third-order valence-electron chi connectivity index (χ3n) is 3.27. The minimum atomic E-state index is -0.127. The summed E-state index contributed by atoms with van der Waals surface area (Å²) < 4.78 is 0. The monoisotopic (exact) mass is 280 g/mol. The van der Waals surface area contributed by atoms with Crippen LogP contribution < -0.4 is 10.6 Å². The molecule has 1 amide bonds. The first kappa shape index (κ1) is 14.1. The van der Waals surface area contributed by atoms with Crippen LogP contribution in [0, 0.1) is 0 Å². The Bertz CT molecular complexity index is 440. The second-order valence-corrected chi connectivity index (χ2v) is 6.06. The van der Waals surface area contributed by atoms with E-state index >= 15 is 0 Å². The van der Waals surface area contributed by atoms with Gasteiger partial charge in [0.15, 0.2) is 0 Å². The molecule has 104 valence electrons. The molecule has 6 heteroatoms. The van der Waals surface area contributed by atoms with Gasteiger partial charge < -0.3 is 10.6 Å². The summed E-state index contributed by atoms with van der Waals surface area (Å²) in [6.45, 7) is 2.16. The van der Waals surface area contributed by atoms with Crippen LogP contribution in [0.15, 0.2) is 12.4 Å². The van der Waals surface area contributed by atoms with Crippen LogP contribution in [0.25, 0.3) is 0 Å². The van der Waals surface area contributed by atoms with Crippen molar-refractivity contribution >= 4 is 23.5 Å². The maximum atomic E-state index is 12.2. The van der Waals surface area contributed by atoms with Gasteiger partial charge in [-0.25, -0.2) is 4.98 Å². The fourth-order valence-electron chi connectivity index (χ4n) is 2.34. The van der Waals surface area contributed by atoms with Gasteiger partial charge in [-0.15, -0.1) is 0 Å². The normalized spacial score (nSPS) is 22.2. The van der Waals surface area contributed by atoms with E-state index in [2.05, 4.69) is 27.5 Å². The van der Waals surface area contributed by atoms with Gasteiger partial charge >= 0.3 is 0 Å². The molecule has 5 nitrogen and oxygen atoms in total. The van der Waals surface area contributed by atoms with Crippen LogP contribution in [-0.2, 0) is 0 Å². The Kier molecular flexibility index (Phi) is 5.01. The zero-order chi connectivity index (χ0) is 13.7. The van der Waals surface area contributed by atoms with Crippen LogP contribution in [0.3, 0.4) is 0 Å². The van der Waals surface area contributed by atoms with Crippen molar-refractivity contribution in [2.45, 2.75) is 37.5 Å². The van der Waals surface area contributed by atoms with E-state index in [0.29, 0.717) is 16.8 Å². The SMILES string of the molecule is CCSC1CCCC1NC(=O)c1cncc(NC)n1. The lowest BCUT2D eigenvalue weighted by molar-refractivity contribution is 0.0933. The molecule has 0 radical (unpaired) electrons. The van der Waals surface area contributed by atoms with Crippen LogP contribution in [0.2, 0.25) is 0 Å². The maximum absolute atomic E-state index is 12.2. The van der Waals surface area contributed by atoms with Gasteiger partial charge in [0.25, 0.3) is 5.91 Å². The van der Waals surface area contributed by atoms with Crippen molar-refractivity contribution in [1.29, 1.82) is 0 Å². The van der Waals surface area contributed by atoms with Crippen LogP contribution >= 0.6 is 11.8 Å². The number of hydrogen-bond donors (Lipinski definition) is 2. The quantitative estimate of drug-likeness (QED) is 0.862. The topological polar surface area (TPSA) is 66.9 Å². The number of amides is 1. The predicted molar refractivity (Wildman–Crippen MR) is 78.6 cm³/mol. The standard InChI is InChI=1S/C13H20N4OS/c1-3-19-11-6-4-5-9(11)17-13(18)10-7-15-8-12(14-2)16-10/h7-9,11H,3-6H2,1-2H3,(H,14,16)(H,17,18). The first-order valence-electron chi connectivity index (χ1n) is 6.67.